The molecule has 4 heterocycles. The first-order valence-corrected chi connectivity index (χ1v) is 45.5. The molecule has 0 aromatic heterocycles. The molecule has 4 saturated heterocycles. The lowest BCUT2D eigenvalue weighted by Crippen LogP contribution is -2.69. The molecule has 16 rings (SSSR count). The van der Waals surface area contributed by atoms with Crippen LogP contribution < -0.4 is 0 Å². The van der Waals surface area contributed by atoms with Crippen molar-refractivity contribution in [3.8, 4) is 0 Å². The minimum absolute atomic E-state index is 0.0178. The van der Waals surface area contributed by atoms with Crippen LogP contribution in [-0.2, 0) is 174 Å². The van der Waals surface area contributed by atoms with Gasteiger partial charge in [0.2, 0.25) is 0 Å². The predicted molar refractivity (Wildman–Crippen MR) is 496 cm³/mol. The third-order valence-electron chi connectivity index (χ3n) is 23.5. The van der Waals surface area contributed by atoms with Crippen LogP contribution >= 0.6 is 0 Å². The van der Waals surface area contributed by atoms with Gasteiger partial charge in [-0.1, -0.05) is 370 Å². The molecular weight excluding hydrogens is 1670 g/mol. The SMILES string of the molecule is C=CCO[C@H]1O[C@H](COCc2ccccc2)[C@@H](O[C@@H]2O[C@H](COCc3ccccc3)[C@@H](O[C@@H]3O[C@H](COCc4ccccc4)[C@@H](O[C@@H]4O[C@H](COCc5ccccc5)[C@@H](O)[C@H](OCc5ccccc5)[C@@H]4OCc4ccccc4)[C@H](OCc4ccccc4)[C@@H]3OCc3ccccc3)[C@H](OCc3ccccc3)[C@@H]2OCc2ccccc2)[C@H](OCc2ccccc2)[C@@H]1OCc1ccccc1. The summed E-state index contributed by atoms with van der Waals surface area (Å²) in [5, 5.41) is 13.0. The molecule has 1 N–H and O–H groups in total. The summed E-state index contributed by atoms with van der Waals surface area (Å²) in [5.41, 5.74) is 10.6. The van der Waals surface area contributed by atoms with Crippen LogP contribution in [0.15, 0.2) is 377 Å². The molecule has 21 heteroatoms. The lowest BCUT2D eigenvalue weighted by atomic mass is 9.94. The van der Waals surface area contributed by atoms with Crippen LogP contribution in [-0.4, -0.2) is 161 Å². The normalized spacial score (nSPS) is 25.5. The van der Waals surface area contributed by atoms with Gasteiger partial charge in [-0.2, -0.15) is 0 Å². The molecular formula is C111H118O21. The van der Waals surface area contributed by atoms with E-state index in [2.05, 4.69) is 6.58 Å². The predicted octanol–water partition coefficient (Wildman–Crippen LogP) is 18.2. The fraction of sp³-hybridized carbons (Fsp3) is 0.333. The summed E-state index contributed by atoms with van der Waals surface area (Å²) in [6.07, 6.45) is -21.6. The van der Waals surface area contributed by atoms with Crippen LogP contribution in [0.1, 0.15) is 66.8 Å². The average molecular weight is 1790 g/mol. The summed E-state index contributed by atoms with van der Waals surface area (Å²) in [6, 6.07) is 119. The fourth-order valence-corrected chi connectivity index (χ4v) is 16.7. The Labute approximate surface area is 774 Å². The number of aliphatic hydroxyl groups is 1. The van der Waals surface area contributed by atoms with Crippen molar-refractivity contribution < 1.29 is 99.8 Å². The monoisotopic (exact) mass is 1790 g/mol. The van der Waals surface area contributed by atoms with Crippen molar-refractivity contribution in [3.63, 3.8) is 0 Å². The molecule has 21 nitrogen and oxygen atoms in total. The van der Waals surface area contributed by atoms with Crippen molar-refractivity contribution in [2.45, 2.75) is 202 Å². The summed E-state index contributed by atoms with van der Waals surface area (Å²) in [6.45, 7) is 5.18. The maximum absolute atomic E-state index is 13.0. The summed E-state index contributed by atoms with van der Waals surface area (Å²) >= 11 is 0. The number of hydrogen-bond acceptors (Lipinski definition) is 21. The van der Waals surface area contributed by atoms with Gasteiger partial charge in [0.05, 0.1) is 112 Å². The molecule has 0 unspecified atom stereocenters. The first kappa shape index (κ1) is 94.7. The van der Waals surface area contributed by atoms with E-state index in [1.807, 2.05) is 364 Å². The van der Waals surface area contributed by atoms with Crippen LogP contribution in [0, 0.1) is 0 Å². The number of hydrogen-bond donors (Lipinski definition) is 1. The van der Waals surface area contributed by atoms with Gasteiger partial charge >= 0.3 is 0 Å². The molecule has 0 saturated carbocycles. The Morgan fingerprint density at radius 2 is 0.371 bits per heavy atom. The van der Waals surface area contributed by atoms with Gasteiger partial charge in [0.25, 0.3) is 0 Å². The van der Waals surface area contributed by atoms with Gasteiger partial charge in [-0.15, -0.1) is 6.58 Å². The average Bonchev–Trinajstić information content (AvgIpc) is 0.758. The van der Waals surface area contributed by atoms with Gasteiger partial charge in [0, 0.05) is 0 Å². The Balaban J connectivity index is 0.838. The molecule has 4 fully saturated rings. The molecule has 12 aromatic rings. The minimum atomic E-state index is -1.44. The smallest absolute Gasteiger partial charge is 0.187 e. The molecule has 0 amide bonds. The Morgan fingerprint density at radius 3 is 0.598 bits per heavy atom. The molecule has 132 heavy (non-hydrogen) atoms. The highest BCUT2D eigenvalue weighted by Gasteiger charge is 2.59. The highest BCUT2D eigenvalue weighted by atomic mass is 16.8. The van der Waals surface area contributed by atoms with E-state index in [4.69, 9.17) is 94.7 Å². The van der Waals surface area contributed by atoms with Gasteiger partial charge in [-0.25, -0.2) is 0 Å². The lowest BCUT2D eigenvalue weighted by Gasteiger charge is -2.52. The molecule has 4 aliphatic heterocycles. The third kappa shape index (κ3) is 27.9. The molecule has 0 aliphatic carbocycles. The van der Waals surface area contributed by atoms with Crippen molar-refractivity contribution in [2.75, 3.05) is 33.0 Å². The second-order valence-corrected chi connectivity index (χ2v) is 33.2. The first-order valence-electron chi connectivity index (χ1n) is 45.5. The zero-order valence-corrected chi connectivity index (χ0v) is 74.1. The van der Waals surface area contributed by atoms with Crippen molar-refractivity contribution in [3.05, 3.63) is 443 Å². The number of aliphatic hydroxyl groups excluding tert-OH is 1. The molecule has 0 bridgehead atoms. The second-order valence-electron chi connectivity index (χ2n) is 33.2. The number of benzene rings is 12. The zero-order chi connectivity index (χ0) is 89.8. The second kappa shape index (κ2) is 51.1. The maximum atomic E-state index is 13.0. The van der Waals surface area contributed by atoms with E-state index in [1.165, 1.54) is 0 Å². The van der Waals surface area contributed by atoms with Crippen LogP contribution in [0.4, 0.5) is 0 Å². The fourth-order valence-electron chi connectivity index (χ4n) is 16.7. The topological polar surface area (TPSA) is 205 Å². The first-order chi connectivity index (χ1) is 65.3. The molecule has 0 spiro atoms. The molecule has 0 radical (unpaired) electrons. The Hall–Kier alpha value is -10.5. The molecule has 20 atom stereocenters. The van der Waals surface area contributed by atoms with Crippen LogP contribution in [0.5, 0.6) is 0 Å². The van der Waals surface area contributed by atoms with Gasteiger partial charge in [-0.05, 0) is 66.8 Å². The maximum Gasteiger partial charge on any atom is 0.187 e. The molecule has 4 aliphatic rings. The quantitative estimate of drug-likeness (QED) is 0.0352. The third-order valence-corrected chi connectivity index (χ3v) is 23.5. The highest BCUT2D eigenvalue weighted by molar-refractivity contribution is 5.23. The summed E-state index contributed by atoms with van der Waals surface area (Å²) in [5.74, 6) is 0. The van der Waals surface area contributed by atoms with Gasteiger partial charge < -0.3 is 99.8 Å². The van der Waals surface area contributed by atoms with Gasteiger partial charge in [0.15, 0.2) is 25.2 Å². The van der Waals surface area contributed by atoms with E-state index in [0.717, 1.165) is 66.8 Å². The minimum Gasteiger partial charge on any atom is -0.387 e. The van der Waals surface area contributed by atoms with Crippen LogP contribution in [0.25, 0.3) is 0 Å². The van der Waals surface area contributed by atoms with E-state index >= 15 is 0 Å². The largest absolute Gasteiger partial charge is 0.387 e. The van der Waals surface area contributed by atoms with Crippen molar-refractivity contribution in [2.24, 2.45) is 0 Å². The van der Waals surface area contributed by atoms with E-state index in [9.17, 15) is 5.11 Å². The van der Waals surface area contributed by atoms with E-state index in [0.29, 0.717) is 0 Å². The van der Waals surface area contributed by atoms with Crippen molar-refractivity contribution >= 4 is 0 Å². The standard InChI is InChI=1S/C111H118O21/c1-2-63-117-108-105(123-73-89-57-33-12-34-58-89)101(119-69-85-49-25-8-26-50-85)97(93(127-108)77-114-65-81-41-17-4-18-42-81)131-110-107(125-75-91-61-37-14-38-62-91)103(121-71-87-53-29-10-30-54-87)99(95(129-110)79-116-67-83-45-21-6-22-46-83)132-111-106(124-74-90-59-35-13-36-60-90)102(120-70-86-51-27-9-28-52-86)98(94(128-111)78-115-66-82-43-19-5-20-44-82)130-109-104(122-72-88-55-31-11-32-56-88)100(118-68-84-47-23-7-24-48-84)96(112)92(126-109)76-113-64-80-39-15-3-16-40-80/h2-62,92-112H,1,63-79H2/t92-,93-,94-,95-,96-,97-,98-,99-,100+,101+,102+,103+,104+,105+,106+,107+,108+,109+,110+,111+/m1/s1. The van der Waals surface area contributed by atoms with Crippen LogP contribution in [0.2, 0.25) is 0 Å². The lowest BCUT2D eigenvalue weighted by molar-refractivity contribution is -0.402. The van der Waals surface area contributed by atoms with Crippen LogP contribution in [0.3, 0.4) is 0 Å². The Kier molecular flexibility index (Phi) is 36.7. The summed E-state index contributed by atoms with van der Waals surface area (Å²) < 4.78 is 147. The summed E-state index contributed by atoms with van der Waals surface area (Å²) in [4.78, 5) is 0. The van der Waals surface area contributed by atoms with Crippen molar-refractivity contribution in [1.29, 1.82) is 0 Å². The van der Waals surface area contributed by atoms with Gasteiger partial charge in [-0.3, -0.25) is 0 Å². The Bertz CT molecular complexity index is 5160. The van der Waals surface area contributed by atoms with Crippen molar-refractivity contribution in [1.82, 2.24) is 0 Å². The molecule has 12 aromatic carbocycles. The highest BCUT2D eigenvalue weighted by Crippen LogP contribution is 2.42. The Morgan fingerprint density at radius 1 is 0.197 bits per heavy atom. The van der Waals surface area contributed by atoms with E-state index < -0.39 is 123 Å². The zero-order valence-electron chi connectivity index (χ0n) is 74.1. The van der Waals surface area contributed by atoms with E-state index in [1.54, 1.807) is 6.08 Å². The number of rotatable bonds is 49. The molecule has 688 valence electrons. The summed E-state index contributed by atoms with van der Waals surface area (Å²) in [7, 11) is 0. The van der Waals surface area contributed by atoms with Gasteiger partial charge in [0.1, 0.15) is 97.7 Å². The van der Waals surface area contributed by atoms with E-state index in [-0.39, 0.29) is 112 Å². The number of ether oxygens (including phenoxy) is 20.